The van der Waals surface area contributed by atoms with Crippen molar-refractivity contribution >= 4 is 11.8 Å². The standard InChI is InChI=1S/C16H25NOS/c1-18-15-7-5-6-13(11-15)10-14(17)12-19-16-8-3-2-4-9-16/h5-7,11,14,16H,2-4,8-10,12,17H2,1H3. The molecule has 0 aromatic heterocycles. The molecule has 106 valence electrons. The Morgan fingerprint density at radius 2 is 2.11 bits per heavy atom. The van der Waals surface area contributed by atoms with Gasteiger partial charge in [0.25, 0.3) is 0 Å². The molecular weight excluding hydrogens is 254 g/mol. The summed E-state index contributed by atoms with van der Waals surface area (Å²) in [6, 6.07) is 8.48. The summed E-state index contributed by atoms with van der Waals surface area (Å²) in [5.41, 5.74) is 7.53. The molecule has 1 unspecified atom stereocenters. The van der Waals surface area contributed by atoms with E-state index in [0.29, 0.717) is 0 Å². The Morgan fingerprint density at radius 1 is 1.32 bits per heavy atom. The Bertz CT molecular complexity index is 377. The van der Waals surface area contributed by atoms with Crippen molar-refractivity contribution in [2.24, 2.45) is 5.73 Å². The molecule has 1 atom stereocenters. The minimum Gasteiger partial charge on any atom is -0.497 e. The first-order chi connectivity index (χ1) is 9.28. The van der Waals surface area contributed by atoms with Gasteiger partial charge in [-0.25, -0.2) is 0 Å². The molecular formula is C16H25NOS. The van der Waals surface area contributed by atoms with E-state index in [2.05, 4.69) is 23.9 Å². The number of thioether (sulfide) groups is 1. The molecule has 0 spiro atoms. The molecule has 2 rings (SSSR count). The smallest absolute Gasteiger partial charge is 0.119 e. The molecule has 0 aliphatic heterocycles. The van der Waals surface area contributed by atoms with E-state index in [9.17, 15) is 0 Å². The maximum Gasteiger partial charge on any atom is 0.119 e. The minimum absolute atomic E-state index is 0.249. The van der Waals surface area contributed by atoms with Crippen LogP contribution in [0.25, 0.3) is 0 Å². The van der Waals surface area contributed by atoms with E-state index >= 15 is 0 Å². The van der Waals surface area contributed by atoms with Crippen molar-refractivity contribution in [2.45, 2.75) is 49.8 Å². The third-order valence-corrected chi connectivity index (χ3v) is 5.29. The number of rotatable bonds is 6. The summed E-state index contributed by atoms with van der Waals surface area (Å²) in [6.45, 7) is 0. The predicted molar refractivity (Wildman–Crippen MR) is 84.0 cm³/mol. The fraction of sp³-hybridized carbons (Fsp3) is 0.625. The maximum atomic E-state index is 6.25. The summed E-state index contributed by atoms with van der Waals surface area (Å²) < 4.78 is 5.25. The van der Waals surface area contributed by atoms with Crippen molar-refractivity contribution in [3.05, 3.63) is 29.8 Å². The molecule has 1 fully saturated rings. The number of benzene rings is 1. The van der Waals surface area contributed by atoms with Crippen molar-refractivity contribution in [1.82, 2.24) is 0 Å². The highest BCUT2D eigenvalue weighted by atomic mass is 32.2. The van der Waals surface area contributed by atoms with E-state index in [-0.39, 0.29) is 6.04 Å². The molecule has 1 aliphatic carbocycles. The van der Waals surface area contributed by atoms with E-state index < -0.39 is 0 Å². The molecule has 0 amide bonds. The third kappa shape index (κ3) is 5.07. The van der Waals surface area contributed by atoms with Gasteiger partial charge in [0.1, 0.15) is 5.75 Å². The van der Waals surface area contributed by atoms with Crippen LogP contribution < -0.4 is 10.5 Å². The lowest BCUT2D eigenvalue weighted by Gasteiger charge is -2.22. The first-order valence-electron chi connectivity index (χ1n) is 7.28. The van der Waals surface area contributed by atoms with Gasteiger partial charge in [0, 0.05) is 17.0 Å². The van der Waals surface area contributed by atoms with Gasteiger partial charge in [0.2, 0.25) is 0 Å². The van der Waals surface area contributed by atoms with Crippen LogP contribution in [0.1, 0.15) is 37.7 Å². The summed E-state index contributed by atoms with van der Waals surface area (Å²) in [7, 11) is 1.71. The quantitative estimate of drug-likeness (QED) is 0.863. The van der Waals surface area contributed by atoms with E-state index in [4.69, 9.17) is 10.5 Å². The van der Waals surface area contributed by atoms with Gasteiger partial charge >= 0.3 is 0 Å². The lowest BCUT2D eigenvalue weighted by atomic mass is 10.0. The van der Waals surface area contributed by atoms with Gasteiger partial charge in [-0.2, -0.15) is 11.8 Å². The Hall–Kier alpha value is -0.670. The van der Waals surface area contributed by atoms with Gasteiger partial charge in [0.05, 0.1) is 7.11 Å². The van der Waals surface area contributed by atoms with Gasteiger partial charge in [0.15, 0.2) is 0 Å². The lowest BCUT2D eigenvalue weighted by molar-refractivity contribution is 0.414. The zero-order chi connectivity index (χ0) is 13.5. The van der Waals surface area contributed by atoms with Crippen LogP contribution >= 0.6 is 11.8 Å². The molecule has 1 aliphatic rings. The van der Waals surface area contributed by atoms with Gasteiger partial charge in [-0.1, -0.05) is 31.4 Å². The van der Waals surface area contributed by atoms with Crippen LogP contribution in [0.4, 0.5) is 0 Å². The average Bonchev–Trinajstić information content (AvgIpc) is 2.46. The van der Waals surface area contributed by atoms with Gasteiger partial charge in [-0.3, -0.25) is 0 Å². The second kappa shape index (κ2) is 7.81. The lowest BCUT2D eigenvalue weighted by Crippen LogP contribution is -2.27. The molecule has 0 radical (unpaired) electrons. The highest BCUT2D eigenvalue weighted by Crippen LogP contribution is 2.28. The van der Waals surface area contributed by atoms with Crippen LogP contribution in [0.15, 0.2) is 24.3 Å². The van der Waals surface area contributed by atoms with Crippen LogP contribution in [0, 0.1) is 0 Å². The largest absolute Gasteiger partial charge is 0.497 e. The van der Waals surface area contributed by atoms with Gasteiger partial charge < -0.3 is 10.5 Å². The maximum absolute atomic E-state index is 6.25. The SMILES string of the molecule is COc1cccc(CC(N)CSC2CCCCC2)c1. The highest BCUT2D eigenvalue weighted by Gasteiger charge is 2.15. The zero-order valence-corrected chi connectivity index (χ0v) is 12.6. The van der Waals surface area contributed by atoms with Gasteiger partial charge in [-0.15, -0.1) is 0 Å². The van der Waals surface area contributed by atoms with Crippen LogP contribution in [0.3, 0.4) is 0 Å². The van der Waals surface area contributed by atoms with Crippen LogP contribution in [-0.4, -0.2) is 24.2 Å². The number of hydrogen-bond donors (Lipinski definition) is 1. The zero-order valence-electron chi connectivity index (χ0n) is 11.8. The fourth-order valence-electron chi connectivity index (χ4n) is 2.65. The van der Waals surface area contributed by atoms with Crippen LogP contribution in [0.2, 0.25) is 0 Å². The predicted octanol–water partition coefficient (Wildman–Crippen LogP) is 3.63. The number of nitrogens with two attached hydrogens (primary N) is 1. The molecule has 2 nitrogen and oxygen atoms in total. The number of ether oxygens (including phenoxy) is 1. The van der Waals surface area contributed by atoms with Crippen LogP contribution in [-0.2, 0) is 6.42 Å². The second-order valence-corrected chi connectivity index (χ2v) is 6.74. The van der Waals surface area contributed by atoms with Crippen molar-refractivity contribution in [3.8, 4) is 5.75 Å². The second-order valence-electron chi connectivity index (χ2n) is 5.41. The van der Waals surface area contributed by atoms with Crippen LogP contribution in [0.5, 0.6) is 5.75 Å². The Labute approximate surface area is 121 Å². The minimum atomic E-state index is 0.249. The monoisotopic (exact) mass is 279 g/mol. The number of hydrogen-bond acceptors (Lipinski definition) is 3. The van der Waals surface area contributed by atoms with Gasteiger partial charge in [-0.05, 0) is 37.0 Å². The molecule has 1 saturated carbocycles. The molecule has 0 heterocycles. The van der Waals surface area contributed by atoms with Crippen molar-refractivity contribution < 1.29 is 4.74 Å². The topological polar surface area (TPSA) is 35.2 Å². The Morgan fingerprint density at radius 3 is 2.84 bits per heavy atom. The normalized spacial score (nSPS) is 18.2. The Balaban J connectivity index is 1.75. The molecule has 0 bridgehead atoms. The van der Waals surface area contributed by atoms with Crippen molar-refractivity contribution in [3.63, 3.8) is 0 Å². The summed E-state index contributed by atoms with van der Waals surface area (Å²) in [4.78, 5) is 0. The van der Waals surface area contributed by atoms with Crippen molar-refractivity contribution in [1.29, 1.82) is 0 Å². The molecule has 1 aromatic rings. The molecule has 1 aromatic carbocycles. The van der Waals surface area contributed by atoms with E-state index in [0.717, 1.165) is 23.2 Å². The summed E-state index contributed by atoms with van der Waals surface area (Å²) in [5, 5.41) is 0.852. The molecule has 3 heteroatoms. The summed E-state index contributed by atoms with van der Waals surface area (Å²) in [6.07, 6.45) is 7.95. The van der Waals surface area contributed by atoms with E-state index in [1.54, 1.807) is 7.11 Å². The van der Waals surface area contributed by atoms with Crippen molar-refractivity contribution in [2.75, 3.05) is 12.9 Å². The highest BCUT2D eigenvalue weighted by molar-refractivity contribution is 7.99. The average molecular weight is 279 g/mol. The van der Waals surface area contributed by atoms with E-state index in [1.807, 2.05) is 12.1 Å². The van der Waals surface area contributed by atoms with E-state index in [1.165, 1.54) is 37.7 Å². The molecule has 0 saturated heterocycles. The first-order valence-corrected chi connectivity index (χ1v) is 8.33. The first kappa shape index (κ1) is 14.7. The fourth-order valence-corrected chi connectivity index (χ4v) is 3.96. The Kier molecular flexibility index (Phi) is 6.05. The molecule has 19 heavy (non-hydrogen) atoms. The third-order valence-electron chi connectivity index (χ3n) is 3.73. The number of methoxy groups -OCH3 is 1. The summed E-state index contributed by atoms with van der Waals surface area (Å²) >= 11 is 2.08. The summed E-state index contributed by atoms with van der Waals surface area (Å²) in [5.74, 6) is 1.99. The molecule has 2 N–H and O–H groups in total.